The molecule has 3 fully saturated rings. The zero-order chi connectivity index (χ0) is 31.8. The molecule has 0 saturated carbocycles. The Morgan fingerprint density at radius 2 is 1.65 bits per heavy atom. The minimum absolute atomic E-state index is 0.00258. The van der Waals surface area contributed by atoms with E-state index in [-0.39, 0.29) is 41.7 Å². The van der Waals surface area contributed by atoms with Crippen LogP contribution in [0.15, 0.2) is 83.4 Å². The fourth-order valence-corrected chi connectivity index (χ4v) is 8.75. The van der Waals surface area contributed by atoms with Gasteiger partial charge in [-0.1, -0.05) is 91.2 Å². The number of likely N-dealkylation sites (tertiary alicyclic amines) is 2. The zero-order valence-electron chi connectivity index (χ0n) is 27.2. The molecule has 3 aromatic rings. The highest BCUT2D eigenvalue weighted by Crippen LogP contribution is 2.50. The Kier molecular flexibility index (Phi) is 8.84. The fourth-order valence-electron chi connectivity index (χ4n) is 8.75. The number of phenolic OH excluding ortho intramolecular Hbond substituents is 1. The molecule has 6 nitrogen and oxygen atoms in total. The Labute approximate surface area is 272 Å². The molecule has 46 heavy (non-hydrogen) atoms. The molecule has 3 saturated heterocycles. The average Bonchev–Trinajstić information content (AvgIpc) is 3.60. The molecule has 4 aliphatic rings. The van der Waals surface area contributed by atoms with Gasteiger partial charge in [-0.3, -0.25) is 19.4 Å². The topological polar surface area (TPSA) is 70.1 Å². The van der Waals surface area contributed by atoms with Crippen molar-refractivity contribution in [1.82, 2.24) is 9.80 Å². The predicted molar refractivity (Wildman–Crippen MR) is 182 cm³/mol. The van der Waals surface area contributed by atoms with Gasteiger partial charge < -0.3 is 9.84 Å². The van der Waals surface area contributed by atoms with E-state index < -0.39 is 0 Å². The largest absolute Gasteiger partial charge is 0.507 e. The lowest BCUT2D eigenvalue weighted by Crippen LogP contribution is -2.47. The SMILES string of the molecule is CCC/C(=C\c1ccc(O)c2ccccc12)CC[C@H]1OC[C@H]2C1=C(C)C[C@H]1C(=O)N(C3CCN(Cc4ccccc4)CC3)C(=O)[C@H]12. The van der Waals surface area contributed by atoms with E-state index in [0.29, 0.717) is 18.8 Å². The van der Waals surface area contributed by atoms with Gasteiger partial charge in [0.15, 0.2) is 0 Å². The highest BCUT2D eigenvalue weighted by molar-refractivity contribution is 6.06. The third kappa shape index (κ3) is 5.82. The summed E-state index contributed by atoms with van der Waals surface area (Å²) in [6, 6.07) is 22.3. The van der Waals surface area contributed by atoms with Crippen LogP contribution in [0.4, 0.5) is 0 Å². The monoisotopic (exact) mass is 618 g/mol. The van der Waals surface area contributed by atoms with Crippen molar-refractivity contribution in [2.45, 2.75) is 77.5 Å². The number of fused-ring (bicyclic) bond motifs is 4. The van der Waals surface area contributed by atoms with Crippen molar-refractivity contribution in [2.75, 3.05) is 19.7 Å². The molecular weight excluding hydrogens is 572 g/mol. The lowest BCUT2D eigenvalue weighted by molar-refractivity contribution is -0.144. The second kappa shape index (κ2) is 13.2. The first kappa shape index (κ1) is 30.9. The van der Waals surface area contributed by atoms with Crippen LogP contribution in [0.25, 0.3) is 16.8 Å². The summed E-state index contributed by atoms with van der Waals surface area (Å²) >= 11 is 0. The van der Waals surface area contributed by atoms with Gasteiger partial charge in [0.2, 0.25) is 11.8 Å². The van der Waals surface area contributed by atoms with Crippen LogP contribution in [0, 0.1) is 17.8 Å². The second-order valence-electron chi connectivity index (χ2n) is 13.9. The summed E-state index contributed by atoms with van der Waals surface area (Å²) in [6.07, 6.45) is 8.46. The normalized spacial score (nSPS) is 25.9. The summed E-state index contributed by atoms with van der Waals surface area (Å²) in [6.45, 7) is 7.60. The van der Waals surface area contributed by atoms with Crippen LogP contribution in [-0.4, -0.2) is 58.6 Å². The molecule has 1 N–H and O–H groups in total. The molecule has 3 heterocycles. The maximum atomic E-state index is 14.0. The smallest absolute Gasteiger partial charge is 0.234 e. The summed E-state index contributed by atoms with van der Waals surface area (Å²) in [5.41, 5.74) is 6.33. The van der Waals surface area contributed by atoms with Gasteiger partial charge in [0.05, 0.1) is 24.5 Å². The van der Waals surface area contributed by atoms with Crippen molar-refractivity contribution in [3.63, 3.8) is 0 Å². The number of benzene rings is 3. The Balaban J connectivity index is 1.03. The van der Waals surface area contributed by atoms with Crippen molar-refractivity contribution >= 4 is 28.7 Å². The van der Waals surface area contributed by atoms with E-state index in [1.165, 1.54) is 22.3 Å². The molecule has 7 rings (SSSR count). The van der Waals surface area contributed by atoms with Crippen LogP contribution in [0.2, 0.25) is 0 Å². The zero-order valence-corrected chi connectivity index (χ0v) is 27.2. The van der Waals surface area contributed by atoms with Crippen molar-refractivity contribution in [3.05, 3.63) is 94.6 Å². The number of rotatable bonds is 9. The van der Waals surface area contributed by atoms with Gasteiger partial charge in [0.1, 0.15) is 5.75 Å². The fraction of sp³-hybridized carbons (Fsp3) is 0.450. The summed E-state index contributed by atoms with van der Waals surface area (Å²) in [5, 5.41) is 12.3. The molecular formula is C40H46N2O4. The maximum Gasteiger partial charge on any atom is 0.234 e. The quantitative estimate of drug-likeness (QED) is 0.199. The Morgan fingerprint density at radius 3 is 2.41 bits per heavy atom. The first-order valence-electron chi connectivity index (χ1n) is 17.3. The number of nitrogens with zero attached hydrogens (tertiary/aromatic N) is 2. The number of aromatic hydroxyl groups is 1. The molecule has 2 amide bonds. The number of ether oxygens (including phenoxy) is 1. The highest BCUT2D eigenvalue weighted by Gasteiger charge is 2.57. The van der Waals surface area contributed by atoms with Gasteiger partial charge in [0.25, 0.3) is 0 Å². The standard InChI is InChI=1S/C40H46N2O4/c1-3-9-27(23-29-15-16-35(43)32-13-8-7-12-31(29)32)14-17-36-37-26(2)22-33-38(34(37)25-46-36)40(45)42(39(33)44)30-18-20-41(21-19-30)24-28-10-5-4-6-11-28/h4-8,10-13,15-16,23,30,33-34,36,38,43H,3,9,14,17-22,24-25H2,1-2H3/b27-23+/t33-,34+,36-,38-/m1/s1. The molecule has 4 atom stereocenters. The van der Waals surface area contributed by atoms with E-state index in [4.69, 9.17) is 4.74 Å². The van der Waals surface area contributed by atoms with E-state index in [1.54, 1.807) is 11.0 Å². The van der Waals surface area contributed by atoms with Crippen LogP contribution in [0.5, 0.6) is 5.75 Å². The van der Waals surface area contributed by atoms with Gasteiger partial charge in [0, 0.05) is 37.0 Å². The number of amides is 2. The second-order valence-corrected chi connectivity index (χ2v) is 13.9. The van der Waals surface area contributed by atoms with E-state index in [1.807, 2.05) is 30.3 Å². The molecule has 0 radical (unpaired) electrons. The number of phenols is 1. The average molecular weight is 619 g/mol. The molecule has 240 valence electrons. The number of imide groups is 1. The van der Waals surface area contributed by atoms with E-state index >= 15 is 0 Å². The van der Waals surface area contributed by atoms with Gasteiger partial charge in [-0.05, 0) is 73.6 Å². The molecule has 3 aliphatic heterocycles. The highest BCUT2D eigenvalue weighted by atomic mass is 16.5. The molecule has 1 aliphatic carbocycles. The van der Waals surface area contributed by atoms with Crippen LogP contribution < -0.4 is 0 Å². The van der Waals surface area contributed by atoms with Crippen molar-refractivity contribution in [3.8, 4) is 5.75 Å². The number of piperidine rings is 1. The van der Waals surface area contributed by atoms with Crippen molar-refractivity contribution in [2.24, 2.45) is 17.8 Å². The first-order valence-corrected chi connectivity index (χ1v) is 17.3. The van der Waals surface area contributed by atoms with Crippen molar-refractivity contribution < 1.29 is 19.4 Å². The molecule has 0 spiro atoms. The van der Waals surface area contributed by atoms with E-state index in [2.05, 4.69) is 55.2 Å². The predicted octanol–water partition coefficient (Wildman–Crippen LogP) is 7.51. The Morgan fingerprint density at radius 1 is 0.913 bits per heavy atom. The molecule has 0 bridgehead atoms. The number of allylic oxidation sites excluding steroid dienone is 2. The molecule has 3 aromatic carbocycles. The van der Waals surface area contributed by atoms with Gasteiger partial charge in [-0.25, -0.2) is 0 Å². The third-order valence-electron chi connectivity index (χ3n) is 11.0. The Bertz CT molecular complexity index is 1670. The lowest BCUT2D eigenvalue weighted by Gasteiger charge is -2.36. The molecule has 6 heteroatoms. The summed E-state index contributed by atoms with van der Waals surface area (Å²) in [4.78, 5) is 32.0. The number of hydrogen-bond acceptors (Lipinski definition) is 5. The molecule has 0 aromatic heterocycles. The third-order valence-corrected chi connectivity index (χ3v) is 11.0. The summed E-state index contributed by atoms with van der Waals surface area (Å²) < 4.78 is 6.47. The van der Waals surface area contributed by atoms with E-state index in [9.17, 15) is 14.7 Å². The van der Waals surface area contributed by atoms with Crippen LogP contribution in [0.1, 0.15) is 69.9 Å². The minimum Gasteiger partial charge on any atom is -0.507 e. The first-order chi connectivity index (χ1) is 22.4. The Hall–Kier alpha value is -3.74. The van der Waals surface area contributed by atoms with E-state index in [0.717, 1.165) is 74.5 Å². The van der Waals surface area contributed by atoms with Crippen LogP contribution in [-0.2, 0) is 20.9 Å². The lowest BCUT2D eigenvalue weighted by atomic mass is 9.70. The van der Waals surface area contributed by atoms with Gasteiger partial charge in [-0.2, -0.15) is 0 Å². The number of carbonyl (C=O) groups is 2. The minimum atomic E-state index is -0.285. The summed E-state index contributed by atoms with van der Waals surface area (Å²) in [5.74, 6) is -0.130. The van der Waals surface area contributed by atoms with Gasteiger partial charge >= 0.3 is 0 Å². The molecule has 0 unspecified atom stereocenters. The van der Waals surface area contributed by atoms with Crippen LogP contribution >= 0.6 is 0 Å². The van der Waals surface area contributed by atoms with Crippen molar-refractivity contribution in [1.29, 1.82) is 0 Å². The maximum absolute atomic E-state index is 14.0. The number of hydrogen-bond donors (Lipinski definition) is 1. The van der Waals surface area contributed by atoms with Crippen LogP contribution in [0.3, 0.4) is 0 Å². The summed E-state index contributed by atoms with van der Waals surface area (Å²) in [7, 11) is 0. The van der Waals surface area contributed by atoms with Gasteiger partial charge in [-0.15, -0.1) is 0 Å². The number of carbonyl (C=O) groups excluding carboxylic acids is 2.